The highest BCUT2D eigenvalue weighted by molar-refractivity contribution is 4.47. The average Bonchev–Trinajstić information content (AvgIpc) is 1.80. The molecular weight excluding hydrogens is 98.1 g/mol. The molecule has 0 spiro atoms. The van der Waals surface area contributed by atoms with Gasteiger partial charge in [-0.25, -0.2) is 0 Å². The summed E-state index contributed by atoms with van der Waals surface area (Å²) in [7, 11) is 1.63. The van der Waals surface area contributed by atoms with Gasteiger partial charge < -0.3 is 4.90 Å². The summed E-state index contributed by atoms with van der Waals surface area (Å²) in [6, 6.07) is 0. The van der Waals surface area contributed by atoms with Gasteiger partial charge in [0.15, 0.2) is 0 Å². The molecular formula is C7H17N. The van der Waals surface area contributed by atoms with Crippen molar-refractivity contribution in [2.45, 2.75) is 20.3 Å². The normalized spacial score (nSPS) is 18.4. The van der Waals surface area contributed by atoms with Crippen molar-refractivity contribution in [1.82, 2.24) is 4.90 Å². The minimum Gasteiger partial charge on any atom is -0.309 e. The summed E-state index contributed by atoms with van der Waals surface area (Å²) in [6.07, 6.45) is 0.939. The monoisotopic (exact) mass is 118 g/mol. The fourth-order valence-corrected chi connectivity index (χ4v) is 0.452. The first-order chi connectivity index (χ1) is 4.84. The Bertz CT molecular complexity index is 109. The summed E-state index contributed by atoms with van der Waals surface area (Å²) >= 11 is 0. The predicted octanol–water partition coefficient (Wildman–Crippen LogP) is 1.59. The third-order valence-electron chi connectivity index (χ3n) is 1.04. The van der Waals surface area contributed by atoms with Gasteiger partial charge >= 0.3 is 0 Å². The van der Waals surface area contributed by atoms with Crippen molar-refractivity contribution in [3.63, 3.8) is 0 Å². The van der Waals surface area contributed by atoms with E-state index in [1.807, 2.05) is 0 Å². The Morgan fingerprint density at radius 2 is 2.25 bits per heavy atom. The van der Waals surface area contributed by atoms with E-state index in [0.717, 1.165) is 6.42 Å². The van der Waals surface area contributed by atoms with Gasteiger partial charge in [0.1, 0.15) is 0 Å². The van der Waals surface area contributed by atoms with Crippen LogP contribution in [0.5, 0.6) is 0 Å². The van der Waals surface area contributed by atoms with Gasteiger partial charge in [0.2, 0.25) is 0 Å². The Kier molecular flexibility index (Phi) is 1.90. The molecule has 0 saturated heterocycles. The Balaban J connectivity index is 3.61. The van der Waals surface area contributed by atoms with Crippen LogP contribution in [0.2, 0.25) is 0 Å². The zero-order chi connectivity index (χ0) is 9.07. The van der Waals surface area contributed by atoms with Crippen LogP contribution in [-0.2, 0) is 0 Å². The van der Waals surface area contributed by atoms with Crippen LogP contribution >= 0.6 is 0 Å². The summed E-state index contributed by atoms with van der Waals surface area (Å²) in [5, 5.41) is 0. The van der Waals surface area contributed by atoms with Crippen LogP contribution in [-0.4, -0.2) is 25.5 Å². The Morgan fingerprint density at radius 1 is 1.62 bits per heavy atom. The van der Waals surface area contributed by atoms with Gasteiger partial charge in [-0.05, 0) is 32.9 Å². The smallest absolute Gasteiger partial charge is 0.0394 e. The SMILES string of the molecule is [2H]C([2H])([2H])N(C)CCC(C)C. The summed E-state index contributed by atoms with van der Waals surface area (Å²) in [6.45, 7) is 2.91. The molecule has 8 heavy (non-hydrogen) atoms. The van der Waals surface area contributed by atoms with Gasteiger partial charge in [-0.3, -0.25) is 0 Å². The largest absolute Gasteiger partial charge is 0.309 e. The fourth-order valence-electron chi connectivity index (χ4n) is 0.452. The Morgan fingerprint density at radius 3 is 2.62 bits per heavy atom. The predicted molar refractivity (Wildman–Crippen MR) is 38.0 cm³/mol. The first-order valence-corrected chi connectivity index (χ1v) is 3.05. The molecule has 0 bridgehead atoms. The Labute approximate surface area is 56.9 Å². The summed E-state index contributed by atoms with van der Waals surface area (Å²) in [4.78, 5) is 1.41. The van der Waals surface area contributed by atoms with Crippen molar-refractivity contribution >= 4 is 0 Å². The minimum absolute atomic E-state index is 0.569. The number of hydrogen-bond donors (Lipinski definition) is 0. The molecule has 0 heterocycles. The molecule has 0 aromatic rings. The second-order valence-corrected chi connectivity index (χ2v) is 2.60. The molecule has 0 aliphatic heterocycles. The summed E-state index contributed by atoms with van der Waals surface area (Å²) in [5.41, 5.74) is 0. The maximum atomic E-state index is 7.04. The molecule has 0 N–H and O–H groups in total. The van der Waals surface area contributed by atoms with Gasteiger partial charge in [0.25, 0.3) is 0 Å². The third-order valence-corrected chi connectivity index (χ3v) is 1.04. The highest BCUT2D eigenvalue weighted by atomic mass is 15.0. The molecule has 0 radical (unpaired) electrons. The second kappa shape index (κ2) is 3.90. The summed E-state index contributed by atoms with van der Waals surface area (Å²) < 4.78 is 21.1. The number of rotatable bonds is 3. The van der Waals surface area contributed by atoms with Crippen LogP contribution in [0.4, 0.5) is 0 Å². The molecule has 1 heteroatoms. The van der Waals surface area contributed by atoms with E-state index in [2.05, 4.69) is 13.8 Å². The molecule has 1 nitrogen and oxygen atoms in total. The molecule has 0 aliphatic carbocycles. The van der Waals surface area contributed by atoms with E-state index in [1.165, 1.54) is 4.90 Å². The highest BCUT2D eigenvalue weighted by Crippen LogP contribution is 1.98. The van der Waals surface area contributed by atoms with Crippen LogP contribution in [0.25, 0.3) is 0 Å². The van der Waals surface area contributed by atoms with Gasteiger partial charge in [0, 0.05) is 4.11 Å². The molecule has 0 rings (SSSR count). The molecule has 0 fully saturated rings. The second-order valence-electron chi connectivity index (χ2n) is 2.60. The average molecular weight is 118 g/mol. The molecule has 0 saturated carbocycles. The fraction of sp³-hybridized carbons (Fsp3) is 1.00. The molecule has 50 valence electrons. The first-order valence-electron chi connectivity index (χ1n) is 4.55. The Hall–Kier alpha value is -0.0400. The van der Waals surface area contributed by atoms with Crippen molar-refractivity contribution < 1.29 is 4.11 Å². The van der Waals surface area contributed by atoms with Gasteiger partial charge in [-0.1, -0.05) is 13.8 Å². The number of nitrogens with zero attached hydrogens (tertiary/aromatic N) is 1. The standard InChI is InChI=1S/C7H17N/c1-7(2)5-6-8(3)4/h7H,5-6H2,1-4H3/i3D3. The van der Waals surface area contributed by atoms with E-state index >= 15 is 0 Å². The molecule has 0 aromatic heterocycles. The minimum atomic E-state index is -1.92. The topological polar surface area (TPSA) is 3.24 Å². The van der Waals surface area contributed by atoms with Crippen molar-refractivity contribution in [2.24, 2.45) is 5.92 Å². The lowest BCUT2D eigenvalue weighted by molar-refractivity contribution is 0.369. The van der Waals surface area contributed by atoms with Crippen LogP contribution in [0.1, 0.15) is 24.4 Å². The zero-order valence-corrected chi connectivity index (χ0v) is 5.94. The highest BCUT2D eigenvalue weighted by Gasteiger charge is 1.93. The van der Waals surface area contributed by atoms with Crippen LogP contribution in [0.3, 0.4) is 0 Å². The van der Waals surface area contributed by atoms with E-state index in [0.29, 0.717) is 12.5 Å². The zero-order valence-electron chi connectivity index (χ0n) is 8.94. The lowest BCUT2D eigenvalue weighted by Crippen LogP contribution is -2.14. The molecule has 0 atom stereocenters. The van der Waals surface area contributed by atoms with Crippen molar-refractivity contribution in [3.8, 4) is 0 Å². The van der Waals surface area contributed by atoms with Crippen molar-refractivity contribution in [1.29, 1.82) is 0 Å². The van der Waals surface area contributed by atoms with E-state index in [-0.39, 0.29) is 0 Å². The maximum Gasteiger partial charge on any atom is 0.0394 e. The van der Waals surface area contributed by atoms with Gasteiger partial charge in [0.05, 0.1) is 0 Å². The maximum absolute atomic E-state index is 7.04. The van der Waals surface area contributed by atoms with Gasteiger partial charge in [-0.2, -0.15) is 0 Å². The quantitative estimate of drug-likeness (QED) is 0.544. The van der Waals surface area contributed by atoms with Crippen LogP contribution in [0, 0.1) is 5.92 Å². The number of hydrogen-bond acceptors (Lipinski definition) is 1. The first kappa shape index (κ1) is 3.89. The van der Waals surface area contributed by atoms with E-state index in [4.69, 9.17) is 4.11 Å². The van der Waals surface area contributed by atoms with E-state index < -0.39 is 6.98 Å². The molecule has 0 aromatic carbocycles. The van der Waals surface area contributed by atoms with E-state index in [1.54, 1.807) is 7.05 Å². The summed E-state index contributed by atoms with van der Waals surface area (Å²) in [5.74, 6) is 0.569. The molecule has 0 amide bonds. The molecule has 0 unspecified atom stereocenters. The van der Waals surface area contributed by atoms with Gasteiger partial charge in [-0.15, -0.1) is 0 Å². The lowest BCUT2D eigenvalue weighted by Gasteiger charge is -2.10. The van der Waals surface area contributed by atoms with Crippen molar-refractivity contribution in [3.05, 3.63) is 0 Å². The van der Waals surface area contributed by atoms with Crippen LogP contribution < -0.4 is 0 Å². The third kappa shape index (κ3) is 5.96. The molecule has 0 aliphatic rings. The van der Waals surface area contributed by atoms with Crippen molar-refractivity contribution in [2.75, 3.05) is 20.6 Å². The van der Waals surface area contributed by atoms with Crippen LogP contribution in [0.15, 0.2) is 0 Å². The van der Waals surface area contributed by atoms with E-state index in [9.17, 15) is 0 Å². The lowest BCUT2D eigenvalue weighted by atomic mass is 10.1.